The molecule has 3 aliphatic heterocycles. The molecule has 0 spiro atoms. The number of pyridine rings is 1. The highest BCUT2D eigenvalue weighted by molar-refractivity contribution is 6.07. The Kier molecular flexibility index (Phi) is 7.59. The van der Waals surface area contributed by atoms with E-state index in [0.29, 0.717) is 42.2 Å². The topological polar surface area (TPSA) is 101 Å². The van der Waals surface area contributed by atoms with Gasteiger partial charge in [0, 0.05) is 55.8 Å². The van der Waals surface area contributed by atoms with Crippen molar-refractivity contribution in [1.29, 1.82) is 0 Å². The van der Waals surface area contributed by atoms with Crippen LogP contribution in [0.4, 0.5) is 10.1 Å². The molecule has 1 amide bonds. The number of halogens is 1. The number of carbonyl (C=O) groups is 1. The van der Waals surface area contributed by atoms with Crippen LogP contribution in [0.25, 0.3) is 38.5 Å². The molecule has 3 aliphatic rings. The molecule has 2 aromatic heterocycles. The van der Waals surface area contributed by atoms with Gasteiger partial charge in [0.05, 0.1) is 24.3 Å². The highest BCUT2D eigenvalue weighted by Crippen LogP contribution is 2.47. The maximum absolute atomic E-state index is 15.9. The molecule has 0 unspecified atom stereocenters. The molecule has 2 N–H and O–H groups in total. The van der Waals surface area contributed by atoms with Crippen LogP contribution in [0.1, 0.15) is 29.6 Å². The van der Waals surface area contributed by atoms with Gasteiger partial charge in [-0.3, -0.25) is 14.5 Å². The molecule has 3 aromatic carbocycles. The zero-order valence-electron chi connectivity index (χ0n) is 25.6. The summed E-state index contributed by atoms with van der Waals surface area (Å²) in [5.74, 6) is -0.402. The van der Waals surface area contributed by atoms with Gasteiger partial charge in [-0.15, -0.1) is 0 Å². The molecule has 2 saturated heterocycles. The van der Waals surface area contributed by atoms with Gasteiger partial charge in [0.1, 0.15) is 27.9 Å². The van der Waals surface area contributed by atoms with Crippen LogP contribution < -0.4 is 20.8 Å². The van der Waals surface area contributed by atoms with Crippen LogP contribution in [0.2, 0.25) is 0 Å². The van der Waals surface area contributed by atoms with Crippen molar-refractivity contribution >= 4 is 44.4 Å². The Bertz CT molecular complexity index is 2030. The number of anilines is 1. The molecule has 11 heteroatoms. The minimum Gasteiger partial charge on any atom is -0.456 e. The van der Waals surface area contributed by atoms with E-state index in [1.54, 1.807) is 10.8 Å². The SMILES string of the molecule is O=C(NCCN1CCCC1)c1cn2c3c(c(NCCCN4CCOCC4)c(F)cc3c1=O)Oc1cc3c(cc1-2)oc1ccccc13. The number of para-hydroxylation sites is 1. The van der Waals surface area contributed by atoms with Crippen LogP contribution in [-0.4, -0.2) is 85.8 Å². The molecule has 46 heavy (non-hydrogen) atoms. The lowest BCUT2D eigenvalue weighted by atomic mass is 10.0. The average Bonchev–Trinajstić information content (AvgIpc) is 3.72. The highest BCUT2D eigenvalue weighted by Gasteiger charge is 2.29. The Balaban J connectivity index is 1.20. The van der Waals surface area contributed by atoms with Crippen molar-refractivity contribution in [1.82, 2.24) is 19.7 Å². The van der Waals surface area contributed by atoms with Crippen LogP contribution in [0.15, 0.2) is 57.9 Å². The van der Waals surface area contributed by atoms with Crippen molar-refractivity contribution < 1.29 is 23.1 Å². The largest absolute Gasteiger partial charge is 0.456 e. The number of nitrogens with zero attached hydrogens (tertiary/aromatic N) is 3. The number of benzene rings is 3. The van der Waals surface area contributed by atoms with E-state index in [1.807, 2.05) is 36.4 Å². The monoisotopic (exact) mass is 625 g/mol. The first kappa shape index (κ1) is 29.0. The van der Waals surface area contributed by atoms with Gasteiger partial charge in [0.25, 0.3) is 5.91 Å². The number of fused-ring (bicyclic) bond motifs is 5. The molecule has 238 valence electrons. The second kappa shape index (κ2) is 12.1. The van der Waals surface area contributed by atoms with Gasteiger partial charge in [0.2, 0.25) is 5.43 Å². The van der Waals surface area contributed by atoms with Crippen LogP contribution in [0, 0.1) is 5.82 Å². The van der Waals surface area contributed by atoms with E-state index in [1.165, 1.54) is 6.07 Å². The molecular formula is C35H36FN5O5. The van der Waals surface area contributed by atoms with Crippen LogP contribution in [0.5, 0.6) is 11.5 Å². The fraction of sp³-hybridized carbons (Fsp3) is 0.371. The van der Waals surface area contributed by atoms with Crippen molar-refractivity contribution in [2.75, 3.05) is 70.9 Å². The number of rotatable bonds is 9. The van der Waals surface area contributed by atoms with E-state index >= 15 is 4.39 Å². The Labute approximate surface area is 264 Å². The number of nitrogens with one attached hydrogen (secondary N) is 2. The first-order valence-electron chi connectivity index (χ1n) is 16.1. The summed E-state index contributed by atoms with van der Waals surface area (Å²) in [7, 11) is 0. The second-order valence-corrected chi connectivity index (χ2v) is 12.3. The quantitative estimate of drug-likeness (QED) is 0.214. The molecule has 10 nitrogen and oxygen atoms in total. The van der Waals surface area contributed by atoms with E-state index in [4.69, 9.17) is 13.9 Å². The Morgan fingerprint density at radius 1 is 0.891 bits per heavy atom. The molecule has 0 bridgehead atoms. The second-order valence-electron chi connectivity index (χ2n) is 12.3. The Morgan fingerprint density at radius 3 is 2.54 bits per heavy atom. The number of morpholine rings is 1. The molecule has 0 radical (unpaired) electrons. The Morgan fingerprint density at radius 2 is 1.70 bits per heavy atom. The number of carbonyl (C=O) groups excluding carboxylic acids is 1. The normalized spacial score (nSPS) is 16.6. The fourth-order valence-electron chi connectivity index (χ4n) is 6.93. The van der Waals surface area contributed by atoms with Crippen molar-refractivity contribution in [3.8, 4) is 17.2 Å². The van der Waals surface area contributed by atoms with Crippen LogP contribution >= 0.6 is 0 Å². The summed E-state index contributed by atoms with van der Waals surface area (Å²) in [5.41, 5.74) is 1.96. The molecule has 0 aliphatic carbocycles. The lowest BCUT2D eigenvalue weighted by molar-refractivity contribution is 0.0378. The van der Waals surface area contributed by atoms with Gasteiger partial charge in [-0.25, -0.2) is 4.39 Å². The molecule has 5 aromatic rings. The summed E-state index contributed by atoms with van der Waals surface area (Å²) < 4.78 is 35.8. The van der Waals surface area contributed by atoms with Crippen molar-refractivity contribution in [3.63, 3.8) is 0 Å². The number of hydrogen-bond donors (Lipinski definition) is 2. The highest BCUT2D eigenvalue weighted by atomic mass is 19.1. The maximum atomic E-state index is 15.9. The smallest absolute Gasteiger partial charge is 0.256 e. The summed E-state index contributed by atoms with van der Waals surface area (Å²) in [6, 6.07) is 12.7. The van der Waals surface area contributed by atoms with Gasteiger partial charge in [-0.05, 0) is 57.1 Å². The third-order valence-corrected chi connectivity index (χ3v) is 9.34. The zero-order chi connectivity index (χ0) is 31.2. The average molecular weight is 626 g/mol. The van der Waals surface area contributed by atoms with E-state index in [9.17, 15) is 9.59 Å². The minimum atomic E-state index is -0.609. The number of amides is 1. The zero-order valence-corrected chi connectivity index (χ0v) is 25.6. The van der Waals surface area contributed by atoms with Crippen molar-refractivity contribution in [2.24, 2.45) is 0 Å². The molecule has 8 rings (SSSR count). The number of furan rings is 1. The lowest BCUT2D eigenvalue weighted by Gasteiger charge is -2.27. The molecule has 0 saturated carbocycles. The molecule has 2 fully saturated rings. The third kappa shape index (κ3) is 5.18. The first-order valence-corrected chi connectivity index (χ1v) is 16.1. The number of hydrogen-bond acceptors (Lipinski definition) is 8. The third-order valence-electron chi connectivity index (χ3n) is 9.34. The standard InChI is InChI=1S/C35H36FN5O5/c36-26-18-24-32-34(31(26)37-8-5-12-40-14-16-44-17-15-40)46-30-19-23-22-6-1-2-7-28(22)45-29(23)20-27(30)41(32)21-25(33(24)42)35(43)38-9-13-39-10-3-4-11-39/h1-2,6-7,18-21,37H,3-5,8-17H2,(H,38,43). The van der Waals surface area contributed by atoms with Crippen LogP contribution in [0.3, 0.4) is 0 Å². The van der Waals surface area contributed by atoms with Crippen LogP contribution in [-0.2, 0) is 4.74 Å². The summed E-state index contributed by atoms with van der Waals surface area (Å²) in [4.78, 5) is 31.9. The van der Waals surface area contributed by atoms with Crippen molar-refractivity contribution in [3.05, 3.63) is 70.3 Å². The van der Waals surface area contributed by atoms with Gasteiger partial charge in [-0.2, -0.15) is 0 Å². The summed E-state index contributed by atoms with van der Waals surface area (Å²) in [5, 5.41) is 8.03. The van der Waals surface area contributed by atoms with E-state index in [0.717, 1.165) is 81.6 Å². The van der Waals surface area contributed by atoms with Gasteiger partial charge in [0.15, 0.2) is 17.3 Å². The van der Waals surface area contributed by atoms with Gasteiger partial charge < -0.3 is 34.0 Å². The Hall–Kier alpha value is -4.45. The van der Waals surface area contributed by atoms with E-state index < -0.39 is 17.2 Å². The molecular weight excluding hydrogens is 589 g/mol. The van der Waals surface area contributed by atoms with Gasteiger partial charge >= 0.3 is 0 Å². The number of likely N-dealkylation sites (tertiary alicyclic amines) is 1. The number of ether oxygens (including phenoxy) is 2. The fourth-order valence-corrected chi connectivity index (χ4v) is 6.93. The predicted molar refractivity (Wildman–Crippen MR) is 175 cm³/mol. The summed E-state index contributed by atoms with van der Waals surface area (Å²) in [6.45, 7) is 7.73. The molecule has 0 atom stereocenters. The van der Waals surface area contributed by atoms with E-state index in [2.05, 4.69) is 20.4 Å². The first-order chi connectivity index (χ1) is 22.5. The predicted octanol–water partition coefficient (Wildman–Crippen LogP) is 5.09. The summed E-state index contributed by atoms with van der Waals surface area (Å²) >= 11 is 0. The maximum Gasteiger partial charge on any atom is 0.256 e. The lowest BCUT2D eigenvalue weighted by Crippen LogP contribution is -2.37. The van der Waals surface area contributed by atoms with E-state index in [-0.39, 0.29) is 22.4 Å². The number of aromatic nitrogens is 1. The van der Waals surface area contributed by atoms with Crippen molar-refractivity contribution in [2.45, 2.75) is 19.3 Å². The summed E-state index contributed by atoms with van der Waals surface area (Å²) in [6.07, 6.45) is 4.65. The minimum absolute atomic E-state index is 0.0527. The van der Waals surface area contributed by atoms with Gasteiger partial charge in [-0.1, -0.05) is 18.2 Å². The molecule has 5 heterocycles.